The first-order valence-electron chi connectivity index (χ1n) is 4.68. The molecule has 15 heavy (non-hydrogen) atoms. The molecule has 0 atom stereocenters. The Morgan fingerprint density at radius 1 is 1.47 bits per heavy atom. The summed E-state index contributed by atoms with van der Waals surface area (Å²) in [5.41, 5.74) is 0.967. The third kappa shape index (κ3) is 3.75. The molecule has 2 nitrogen and oxygen atoms in total. The van der Waals surface area contributed by atoms with Crippen LogP contribution in [-0.4, -0.2) is 25.8 Å². The zero-order chi connectivity index (χ0) is 11.3. The predicted molar refractivity (Wildman–Crippen MR) is 54.4 cm³/mol. The van der Waals surface area contributed by atoms with Crippen LogP contribution in [0.4, 0.5) is 8.78 Å². The summed E-state index contributed by atoms with van der Waals surface area (Å²) in [6.07, 6.45) is -2.68. The molecule has 0 saturated heterocycles. The van der Waals surface area contributed by atoms with Gasteiger partial charge in [0.05, 0.1) is 6.54 Å². The summed E-state index contributed by atoms with van der Waals surface area (Å²) in [5.74, 6) is -0.0892. The molecule has 0 unspecified atom stereocenters. The predicted octanol–water partition coefficient (Wildman–Crippen LogP) is 1.90. The number of halogens is 2. The lowest BCUT2D eigenvalue weighted by Gasteiger charge is -2.04. The first-order chi connectivity index (χ1) is 7.13. The number of Topliss-reactive ketones (excluding diaryl/α,β-unsaturated/α-hetero) is 1. The van der Waals surface area contributed by atoms with Crippen molar-refractivity contribution in [3.8, 4) is 0 Å². The molecule has 0 bridgehead atoms. The van der Waals surface area contributed by atoms with Gasteiger partial charge in [0.25, 0.3) is 0 Å². The molecule has 0 spiro atoms. The van der Waals surface area contributed by atoms with E-state index in [2.05, 4.69) is 5.32 Å². The van der Waals surface area contributed by atoms with Gasteiger partial charge in [-0.3, -0.25) is 4.79 Å². The highest BCUT2D eigenvalue weighted by atomic mass is 19.3. The topological polar surface area (TPSA) is 29.1 Å². The number of hydrogen-bond acceptors (Lipinski definition) is 2. The maximum atomic E-state index is 12.1. The van der Waals surface area contributed by atoms with Crippen molar-refractivity contribution in [1.82, 2.24) is 5.32 Å². The fourth-order valence-electron chi connectivity index (χ4n) is 1.31. The highest BCUT2D eigenvalue weighted by Crippen LogP contribution is 2.10. The number of rotatable bonds is 5. The quantitative estimate of drug-likeness (QED) is 0.757. The van der Waals surface area contributed by atoms with E-state index >= 15 is 0 Å². The summed E-state index contributed by atoms with van der Waals surface area (Å²) in [7, 11) is 1.67. The van der Waals surface area contributed by atoms with E-state index in [-0.39, 0.29) is 18.7 Å². The Hall–Kier alpha value is -1.29. The van der Waals surface area contributed by atoms with Crippen LogP contribution in [0.15, 0.2) is 24.3 Å². The van der Waals surface area contributed by atoms with E-state index in [0.717, 1.165) is 0 Å². The van der Waals surface area contributed by atoms with Crippen LogP contribution in [0.5, 0.6) is 0 Å². The molecule has 0 radical (unpaired) electrons. The summed E-state index contributed by atoms with van der Waals surface area (Å²) < 4.78 is 24.2. The number of carbonyl (C=O) groups excluding carboxylic acids is 1. The van der Waals surface area contributed by atoms with Crippen LogP contribution in [0.25, 0.3) is 0 Å². The Balaban J connectivity index is 2.78. The largest absolute Gasteiger partial charge is 0.313 e. The van der Waals surface area contributed by atoms with Gasteiger partial charge in [0.2, 0.25) is 6.43 Å². The summed E-state index contributed by atoms with van der Waals surface area (Å²) >= 11 is 0. The summed E-state index contributed by atoms with van der Waals surface area (Å²) in [5, 5.41) is 2.73. The van der Waals surface area contributed by atoms with Crippen molar-refractivity contribution in [2.45, 2.75) is 12.8 Å². The maximum absolute atomic E-state index is 12.1. The summed E-state index contributed by atoms with van der Waals surface area (Å²) in [6.45, 7) is 0.220. The van der Waals surface area contributed by atoms with Gasteiger partial charge in [0.1, 0.15) is 0 Å². The van der Waals surface area contributed by atoms with Crippen molar-refractivity contribution in [3.63, 3.8) is 0 Å². The van der Waals surface area contributed by atoms with E-state index in [4.69, 9.17) is 0 Å². The first kappa shape index (κ1) is 11.8. The fourth-order valence-corrected chi connectivity index (χ4v) is 1.31. The number of benzene rings is 1. The van der Waals surface area contributed by atoms with Crippen LogP contribution in [-0.2, 0) is 6.42 Å². The number of likely N-dealkylation sites (N-methyl/N-ethyl adjacent to an activating group) is 1. The van der Waals surface area contributed by atoms with Crippen LogP contribution in [0.1, 0.15) is 15.9 Å². The lowest BCUT2D eigenvalue weighted by molar-refractivity contribution is 0.0993. The minimum Gasteiger partial charge on any atom is -0.313 e. The monoisotopic (exact) mass is 213 g/mol. The van der Waals surface area contributed by atoms with E-state index in [0.29, 0.717) is 11.1 Å². The fraction of sp³-hybridized carbons (Fsp3) is 0.364. The second-order valence-corrected chi connectivity index (χ2v) is 3.25. The second-order valence-electron chi connectivity index (χ2n) is 3.25. The van der Waals surface area contributed by atoms with E-state index in [1.54, 1.807) is 25.2 Å². The maximum Gasteiger partial charge on any atom is 0.242 e. The van der Waals surface area contributed by atoms with Gasteiger partial charge in [-0.2, -0.15) is 0 Å². The highest BCUT2D eigenvalue weighted by Gasteiger charge is 2.08. The first-order valence-corrected chi connectivity index (χ1v) is 4.68. The third-order valence-corrected chi connectivity index (χ3v) is 1.98. The van der Waals surface area contributed by atoms with Crippen molar-refractivity contribution in [3.05, 3.63) is 35.4 Å². The molecule has 0 heterocycles. The SMILES string of the molecule is CNCC(=O)c1cccc(CC(F)F)c1. The van der Waals surface area contributed by atoms with E-state index < -0.39 is 6.43 Å². The Labute approximate surface area is 87.3 Å². The van der Waals surface area contributed by atoms with Gasteiger partial charge in [-0.1, -0.05) is 18.2 Å². The molecule has 1 N–H and O–H groups in total. The Bertz CT molecular complexity index is 339. The molecule has 0 aliphatic heterocycles. The van der Waals surface area contributed by atoms with Crippen LogP contribution in [0.2, 0.25) is 0 Å². The Kier molecular flexibility index (Phi) is 4.37. The summed E-state index contributed by atoms with van der Waals surface area (Å²) in [4.78, 5) is 11.4. The van der Waals surface area contributed by atoms with Gasteiger partial charge in [-0.05, 0) is 18.7 Å². The standard InChI is InChI=1S/C11H13F2NO/c1-14-7-10(15)9-4-2-3-8(5-9)6-11(12)13/h2-5,11,14H,6-7H2,1H3. The van der Waals surface area contributed by atoms with E-state index in [9.17, 15) is 13.6 Å². The normalized spacial score (nSPS) is 10.7. The second kappa shape index (κ2) is 5.56. The van der Waals surface area contributed by atoms with Gasteiger partial charge in [0.15, 0.2) is 5.78 Å². The molecule has 4 heteroatoms. The molecule has 1 aromatic rings. The van der Waals surface area contributed by atoms with Gasteiger partial charge in [-0.15, -0.1) is 0 Å². The molecule has 82 valence electrons. The minimum atomic E-state index is -2.38. The molecule has 0 aromatic heterocycles. The molecule has 1 aromatic carbocycles. The number of hydrogen-bond donors (Lipinski definition) is 1. The molecule has 0 aliphatic rings. The van der Waals surface area contributed by atoms with Crippen LogP contribution in [0.3, 0.4) is 0 Å². The Morgan fingerprint density at radius 2 is 2.20 bits per heavy atom. The number of alkyl halides is 2. The molecule has 0 aliphatic carbocycles. The molecular weight excluding hydrogens is 200 g/mol. The van der Waals surface area contributed by atoms with Crippen LogP contribution < -0.4 is 5.32 Å². The van der Waals surface area contributed by atoms with Gasteiger partial charge in [0, 0.05) is 12.0 Å². The van der Waals surface area contributed by atoms with Crippen LogP contribution >= 0.6 is 0 Å². The lowest BCUT2D eigenvalue weighted by atomic mass is 10.1. The average molecular weight is 213 g/mol. The van der Waals surface area contributed by atoms with Crippen molar-refractivity contribution in [2.24, 2.45) is 0 Å². The van der Waals surface area contributed by atoms with Crippen molar-refractivity contribution >= 4 is 5.78 Å². The molecule has 0 fully saturated rings. The van der Waals surface area contributed by atoms with Crippen molar-refractivity contribution in [2.75, 3.05) is 13.6 Å². The van der Waals surface area contributed by atoms with Crippen molar-refractivity contribution < 1.29 is 13.6 Å². The minimum absolute atomic E-state index is 0.0892. The molecule has 0 amide bonds. The number of carbonyl (C=O) groups is 1. The third-order valence-electron chi connectivity index (χ3n) is 1.98. The van der Waals surface area contributed by atoms with E-state index in [1.807, 2.05) is 0 Å². The van der Waals surface area contributed by atoms with Crippen LogP contribution in [0, 0.1) is 0 Å². The smallest absolute Gasteiger partial charge is 0.242 e. The molecule has 0 saturated carbocycles. The molecular formula is C11H13F2NO. The lowest BCUT2D eigenvalue weighted by Crippen LogP contribution is -2.18. The van der Waals surface area contributed by atoms with Gasteiger partial charge in [-0.25, -0.2) is 8.78 Å². The van der Waals surface area contributed by atoms with Gasteiger partial charge < -0.3 is 5.32 Å². The number of nitrogens with one attached hydrogen (secondary N) is 1. The molecule has 1 rings (SSSR count). The highest BCUT2D eigenvalue weighted by molar-refractivity contribution is 5.97. The Morgan fingerprint density at radius 3 is 2.80 bits per heavy atom. The zero-order valence-corrected chi connectivity index (χ0v) is 8.47. The zero-order valence-electron chi connectivity index (χ0n) is 8.47. The van der Waals surface area contributed by atoms with E-state index in [1.165, 1.54) is 6.07 Å². The van der Waals surface area contributed by atoms with Crippen molar-refractivity contribution in [1.29, 1.82) is 0 Å². The number of ketones is 1. The average Bonchev–Trinajstić information content (AvgIpc) is 2.17. The summed E-state index contributed by atoms with van der Waals surface area (Å²) in [6, 6.07) is 6.38. The van der Waals surface area contributed by atoms with Gasteiger partial charge >= 0.3 is 0 Å².